The third-order valence-electron chi connectivity index (χ3n) is 4.15. The molecule has 1 rings (SSSR count). The molecule has 0 radical (unpaired) electrons. The van der Waals surface area contributed by atoms with E-state index in [-0.39, 0.29) is 5.54 Å². The Hall–Kier alpha value is -1.31. The molecule has 19 heavy (non-hydrogen) atoms. The van der Waals surface area contributed by atoms with Crippen LogP contribution in [0.25, 0.3) is 0 Å². The van der Waals surface area contributed by atoms with Crippen molar-refractivity contribution in [2.75, 3.05) is 0 Å². The average molecular weight is 261 g/mol. The van der Waals surface area contributed by atoms with Crippen molar-refractivity contribution in [3.05, 3.63) is 35.4 Å². The van der Waals surface area contributed by atoms with Gasteiger partial charge in [0.25, 0.3) is 0 Å². The number of hydrogen-bond donors (Lipinski definition) is 1. The maximum atomic E-state index is 11.2. The first-order valence-corrected chi connectivity index (χ1v) is 7.18. The first kappa shape index (κ1) is 15.7. The topological polar surface area (TPSA) is 29.1 Å². The minimum Gasteiger partial charge on any atom is -0.349 e. The van der Waals surface area contributed by atoms with E-state index in [1.54, 1.807) is 0 Å². The van der Waals surface area contributed by atoms with Crippen molar-refractivity contribution >= 4 is 6.41 Å². The summed E-state index contributed by atoms with van der Waals surface area (Å²) in [6.07, 6.45) is 0.844. The highest BCUT2D eigenvalue weighted by Crippen LogP contribution is 2.40. The van der Waals surface area contributed by atoms with E-state index in [2.05, 4.69) is 71.1 Å². The molecule has 0 aromatic heterocycles. The van der Waals surface area contributed by atoms with Crippen molar-refractivity contribution in [1.29, 1.82) is 0 Å². The van der Waals surface area contributed by atoms with Gasteiger partial charge in [-0.2, -0.15) is 0 Å². The SMILES string of the molecule is CC(C)c1ccccc1C(NC=O)(C(C)C)C(C)C. The number of hydrogen-bond acceptors (Lipinski definition) is 1. The zero-order valence-corrected chi connectivity index (χ0v) is 13.0. The number of benzene rings is 1. The van der Waals surface area contributed by atoms with Crippen molar-refractivity contribution < 1.29 is 4.79 Å². The van der Waals surface area contributed by atoms with E-state index in [4.69, 9.17) is 0 Å². The van der Waals surface area contributed by atoms with Crippen LogP contribution in [0.1, 0.15) is 58.6 Å². The minimum atomic E-state index is -0.303. The molecule has 0 unspecified atom stereocenters. The van der Waals surface area contributed by atoms with Gasteiger partial charge in [0.15, 0.2) is 0 Å². The molecule has 0 spiro atoms. The van der Waals surface area contributed by atoms with Crippen molar-refractivity contribution in [3.63, 3.8) is 0 Å². The van der Waals surface area contributed by atoms with Crippen LogP contribution in [0.15, 0.2) is 24.3 Å². The second-order valence-corrected chi connectivity index (χ2v) is 6.18. The summed E-state index contributed by atoms with van der Waals surface area (Å²) in [6.45, 7) is 13.1. The van der Waals surface area contributed by atoms with Gasteiger partial charge in [-0.25, -0.2) is 0 Å². The lowest BCUT2D eigenvalue weighted by Crippen LogP contribution is -2.51. The molecule has 0 atom stereocenters. The van der Waals surface area contributed by atoms with Crippen LogP contribution in [0.3, 0.4) is 0 Å². The smallest absolute Gasteiger partial charge is 0.207 e. The molecular formula is C17H27NO. The van der Waals surface area contributed by atoms with Crippen LogP contribution in [0.5, 0.6) is 0 Å². The fourth-order valence-electron chi connectivity index (χ4n) is 3.17. The van der Waals surface area contributed by atoms with Gasteiger partial charge in [0.2, 0.25) is 6.41 Å². The Bertz CT molecular complexity index is 413. The van der Waals surface area contributed by atoms with Gasteiger partial charge in [0.1, 0.15) is 0 Å². The molecule has 0 heterocycles. The fraction of sp³-hybridized carbons (Fsp3) is 0.588. The van der Waals surface area contributed by atoms with Crippen LogP contribution in [-0.4, -0.2) is 6.41 Å². The largest absolute Gasteiger partial charge is 0.349 e. The summed E-state index contributed by atoms with van der Waals surface area (Å²) in [5.74, 6) is 1.11. The predicted octanol–water partition coefficient (Wildman–Crippen LogP) is 4.06. The van der Waals surface area contributed by atoms with Gasteiger partial charge < -0.3 is 5.32 Å². The molecule has 0 aliphatic carbocycles. The number of amides is 1. The molecule has 0 fully saturated rings. The van der Waals surface area contributed by atoms with Crippen LogP contribution in [0, 0.1) is 11.8 Å². The molecule has 2 nitrogen and oxygen atoms in total. The van der Waals surface area contributed by atoms with Crippen molar-refractivity contribution in [2.45, 2.75) is 53.0 Å². The third kappa shape index (κ3) is 2.83. The van der Waals surface area contributed by atoms with Gasteiger partial charge in [-0.3, -0.25) is 4.79 Å². The van der Waals surface area contributed by atoms with Gasteiger partial charge in [0, 0.05) is 0 Å². The molecule has 1 aromatic carbocycles. The molecule has 1 aromatic rings. The molecule has 106 valence electrons. The molecule has 1 amide bonds. The van der Waals surface area contributed by atoms with E-state index in [0.29, 0.717) is 17.8 Å². The Morgan fingerprint density at radius 3 is 1.95 bits per heavy atom. The van der Waals surface area contributed by atoms with Crippen LogP contribution in [-0.2, 0) is 10.3 Å². The summed E-state index contributed by atoms with van der Waals surface area (Å²) in [5, 5.41) is 3.13. The molecule has 0 aliphatic heterocycles. The van der Waals surface area contributed by atoms with Crippen molar-refractivity contribution in [2.24, 2.45) is 11.8 Å². The Morgan fingerprint density at radius 1 is 1.00 bits per heavy atom. The minimum absolute atomic E-state index is 0.303. The van der Waals surface area contributed by atoms with Crippen LogP contribution in [0.4, 0.5) is 0 Å². The van der Waals surface area contributed by atoms with Gasteiger partial charge in [-0.05, 0) is 28.9 Å². The van der Waals surface area contributed by atoms with E-state index in [1.807, 2.05) is 0 Å². The molecule has 1 N–H and O–H groups in total. The third-order valence-corrected chi connectivity index (χ3v) is 4.15. The second kappa shape index (κ2) is 6.23. The van der Waals surface area contributed by atoms with E-state index in [1.165, 1.54) is 11.1 Å². The monoisotopic (exact) mass is 261 g/mol. The van der Waals surface area contributed by atoms with Crippen molar-refractivity contribution in [1.82, 2.24) is 5.32 Å². The van der Waals surface area contributed by atoms with Crippen LogP contribution < -0.4 is 5.32 Å². The highest BCUT2D eigenvalue weighted by molar-refractivity contribution is 5.51. The zero-order valence-electron chi connectivity index (χ0n) is 13.0. The molecular weight excluding hydrogens is 234 g/mol. The zero-order chi connectivity index (χ0) is 14.6. The maximum absolute atomic E-state index is 11.2. The first-order chi connectivity index (χ1) is 8.87. The maximum Gasteiger partial charge on any atom is 0.207 e. The first-order valence-electron chi connectivity index (χ1n) is 7.18. The molecule has 0 saturated carbocycles. The highest BCUT2D eigenvalue weighted by Gasteiger charge is 2.40. The number of carbonyl (C=O) groups is 1. The van der Waals surface area contributed by atoms with Crippen molar-refractivity contribution in [3.8, 4) is 0 Å². The lowest BCUT2D eigenvalue weighted by atomic mass is 9.69. The fourth-order valence-corrected chi connectivity index (χ4v) is 3.17. The lowest BCUT2D eigenvalue weighted by Gasteiger charge is -2.43. The number of nitrogens with one attached hydrogen (secondary N) is 1. The Kier molecular flexibility index (Phi) is 5.16. The predicted molar refractivity (Wildman–Crippen MR) is 81.1 cm³/mol. The van der Waals surface area contributed by atoms with Crippen LogP contribution >= 0.6 is 0 Å². The normalized spacial score (nSPS) is 12.3. The average Bonchev–Trinajstić information content (AvgIpc) is 2.35. The quantitative estimate of drug-likeness (QED) is 0.769. The molecule has 0 aliphatic rings. The summed E-state index contributed by atoms with van der Waals surface area (Å²) in [6, 6.07) is 8.47. The summed E-state index contributed by atoms with van der Waals surface area (Å²) in [4.78, 5) is 11.2. The van der Waals surface area contributed by atoms with E-state index in [9.17, 15) is 4.79 Å². The Morgan fingerprint density at radius 2 is 1.53 bits per heavy atom. The summed E-state index contributed by atoms with van der Waals surface area (Å²) in [5.41, 5.74) is 2.27. The lowest BCUT2D eigenvalue weighted by molar-refractivity contribution is -0.112. The van der Waals surface area contributed by atoms with Gasteiger partial charge in [-0.1, -0.05) is 65.8 Å². The van der Waals surface area contributed by atoms with Crippen LogP contribution in [0.2, 0.25) is 0 Å². The molecule has 2 heteroatoms. The van der Waals surface area contributed by atoms with E-state index >= 15 is 0 Å². The molecule has 0 bridgehead atoms. The summed E-state index contributed by atoms with van der Waals surface area (Å²) < 4.78 is 0. The Balaban J connectivity index is 3.52. The number of carbonyl (C=O) groups excluding carboxylic acids is 1. The molecule has 0 saturated heterocycles. The summed E-state index contributed by atoms with van der Waals surface area (Å²) >= 11 is 0. The van der Waals surface area contributed by atoms with Gasteiger partial charge in [-0.15, -0.1) is 0 Å². The summed E-state index contributed by atoms with van der Waals surface area (Å²) in [7, 11) is 0. The number of rotatable bonds is 6. The Labute approximate surface area is 117 Å². The standard InChI is InChI=1S/C17H27NO/c1-12(2)15-9-7-8-10-16(15)17(13(3)4,14(5)6)18-11-19/h7-14H,1-6H3,(H,18,19). The second-order valence-electron chi connectivity index (χ2n) is 6.18. The van der Waals surface area contributed by atoms with Gasteiger partial charge in [0.05, 0.1) is 5.54 Å². The highest BCUT2D eigenvalue weighted by atomic mass is 16.1. The van der Waals surface area contributed by atoms with Gasteiger partial charge >= 0.3 is 0 Å². The van der Waals surface area contributed by atoms with E-state index in [0.717, 1.165) is 6.41 Å². The van der Waals surface area contributed by atoms with E-state index < -0.39 is 0 Å².